The lowest BCUT2D eigenvalue weighted by Crippen LogP contribution is -2.57. The van der Waals surface area contributed by atoms with Gasteiger partial charge < -0.3 is 49.3 Å². The number of amides is 3. The number of aliphatic carboxylic acids is 1. The molecule has 4 unspecified atom stereocenters. The Kier molecular flexibility index (Phi) is 15.6. The van der Waals surface area contributed by atoms with Gasteiger partial charge in [-0.05, 0) is 63.5 Å². The van der Waals surface area contributed by atoms with Gasteiger partial charge in [0.2, 0.25) is 17.7 Å². The van der Waals surface area contributed by atoms with Crippen LogP contribution in [0.25, 0.3) is 0 Å². The number of guanidine groups is 2. The Bertz CT molecular complexity index is 842. The smallest absolute Gasteiger partial charge is 0.326 e. The molecule has 0 radical (unpaired) electrons. The van der Waals surface area contributed by atoms with Gasteiger partial charge in [-0.3, -0.25) is 24.4 Å². The Balaban J connectivity index is 3.00. The number of nitrogens with zero attached hydrogens (tertiary/aromatic N) is 2. The zero-order chi connectivity index (χ0) is 28.5. The average Bonchev–Trinajstić information content (AvgIpc) is 3.39. The molecule has 16 heteroatoms. The summed E-state index contributed by atoms with van der Waals surface area (Å²) in [6.45, 7) is 1.17. The lowest BCUT2D eigenvalue weighted by Gasteiger charge is -2.25. The molecule has 0 spiro atoms. The molecule has 0 saturated carbocycles. The third kappa shape index (κ3) is 13.3. The van der Waals surface area contributed by atoms with E-state index in [9.17, 15) is 24.3 Å². The van der Waals surface area contributed by atoms with Crippen LogP contribution in [0.4, 0.5) is 0 Å². The summed E-state index contributed by atoms with van der Waals surface area (Å²) < 4.78 is 0. The molecule has 13 N–H and O–H groups in total. The van der Waals surface area contributed by atoms with Crippen LogP contribution in [-0.4, -0.2) is 96.5 Å². The van der Waals surface area contributed by atoms with Crippen LogP contribution in [0.3, 0.4) is 0 Å². The molecule has 0 aromatic carbocycles. The van der Waals surface area contributed by atoms with Crippen molar-refractivity contribution in [1.82, 2.24) is 21.3 Å². The zero-order valence-electron chi connectivity index (χ0n) is 21.8. The van der Waals surface area contributed by atoms with E-state index >= 15 is 0 Å². The fraction of sp³-hybridized carbons (Fsp3) is 0.727. The van der Waals surface area contributed by atoms with E-state index in [1.165, 1.54) is 11.8 Å². The van der Waals surface area contributed by atoms with Crippen molar-refractivity contribution in [1.29, 1.82) is 0 Å². The second-order valence-corrected chi connectivity index (χ2v) is 9.84. The first-order chi connectivity index (χ1) is 18.0. The van der Waals surface area contributed by atoms with Gasteiger partial charge in [0.05, 0.1) is 6.04 Å². The Morgan fingerprint density at radius 3 is 1.87 bits per heavy atom. The van der Waals surface area contributed by atoms with Crippen molar-refractivity contribution in [2.45, 2.75) is 69.1 Å². The highest BCUT2D eigenvalue weighted by atomic mass is 32.2. The molecule has 0 bridgehead atoms. The monoisotopic (exact) mass is 558 g/mol. The number of carbonyl (C=O) groups is 4. The van der Waals surface area contributed by atoms with Crippen molar-refractivity contribution in [3.05, 3.63) is 0 Å². The Labute approximate surface area is 226 Å². The molecule has 1 fully saturated rings. The predicted molar refractivity (Wildman–Crippen MR) is 147 cm³/mol. The summed E-state index contributed by atoms with van der Waals surface area (Å²) in [6, 6.07) is -3.56. The van der Waals surface area contributed by atoms with Gasteiger partial charge in [0.15, 0.2) is 11.9 Å². The average molecular weight is 559 g/mol. The molecule has 1 aliphatic rings. The van der Waals surface area contributed by atoms with Crippen molar-refractivity contribution in [3.63, 3.8) is 0 Å². The number of nitrogens with one attached hydrogen (secondary N) is 4. The molecule has 4 atom stereocenters. The first kappa shape index (κ1) is 32.8. The maximum Gasteiger partial charge on any atom is 0.326 e. The molecule has 0 aromatic heterocycles. The topological polar surface area (TPSA) is 265 Å². The molecule has 1 rings (SSSR count). The first-order valence-electron chi connectivity index (χ1n) is 12.5. The van der Waals surface area contributed by atoms with Gasteiger partial charge in [0, 0.05) is 13.1 Å². The van der Waals surface area contributed by atoms with Crippen molar-refractivity contribution in [3.8, 4) is 0 Å². The highest BCUT2D eigenvalue weighted by Crippen LogP contribution is 2.09. The van der Waals surface area contributed by atoms with Crippen LogP contribution in [0.5, 0.6) is 0 Å². The van der Waals surface area contributed by atoms with Crippen LogP contribution < -0.4 is 44.2 Å². The summed E-state index contributed by atoms with van der Waals surface area (Å²) in [5.74, 6) is -2.40. The molecule has 1 heterocycles. The maximum absolute atomic E-state index is 13.3. The summed E-state index contributed by atoms with van der Waals surface area (Å²) in [5, 5.41) is 20.5. The second kappa shape index (κ2) is 18.1. The van der Waals surface area contributed by atoms with Gasteiger partial charge in [-0.15, -0.1) is 0 Å². The number of carbonyl (C=O) groups excluding carboxylic acids is 3. The second-order valence-electron chi connectivity index (χ2n) is 8.85. The first-order valence-corrected chi connectivity index (χ1v) is 13.9. The summed E-state index contributed by atoms with van der Waals surface area (Å²) >= 11 is 1.45. The van der Waals surface area contributed by atoms with Crippen LogP contribution in [0, 0.1) is 0 Å². The fourth-order valence-corrected chi connectivity index (χ4v) is 4.23. The van der Waals surface area contributed by atoms with Gasteiger partial charge in [0.25, 0.3) is 0 Å². The van der Waals surface area contributed by atoms with E-state index in [0.717, 1.165) is 6.42 Å². The number of thioether (sulfide) groups is 1. The minimum Gasteiger partial charge on any atom is -0.480 e. The van der Waals surface area contributed by atoms with Gasteiger partial charge in [-0.1, -0.05) is 0 Å². The predicted octanol–water partition coefficient (Wildman–Crippen LogP) is -2.86. The van der Waals surface area contributed by atoms with E-state index in [4.69, 9.17) is 22.9 Å². The normalized spacial score (nSPS) is 16.9. The highest BCUT2D eigenvalue weighted by Gasteiger charge is 2.31. The number of hydrogen-bond acceptors (Lipinski definition) is 8. The van der Waals surface area contributed by atoms with Crippen LogP contribution in [0.1, 0.15) is 44.9 Å². The molecule has 216 valence electrons. The number of nitrogens with two attached hydrogens (primary N) is 4. The minimum atomic E-state index is -1.17. The molecular weight excluding hydrogens is 516 g/mol. The molecule has 3 amide bonds. The van der Waals surface area contributed by atoms with E-state index in [-0.39, 0.29) is 50.2 Å². The number of hydrogen-bond donors (Lipinski definition) is 9. The molecular formula is C22H42N10O5S. The third-order valence-electron chi connectivity index (χ3n) is 5.76. The van der Waals surface area contributed by atoms with Gasteiger partial charge >= 0.3 is 5.97 Å². The number of carboxylic acids is 1. The summed E-state index contributed by atoms with van der Waals surface area (Å²) in [4.78, 5) is 58.4. The largest absolute Gasteiger partial charge is 0.480 e. The number of carboxylic acid groups (broad SMARTS) is 1. The van der Waals surface area contributed by atoms with Crippen molar-refractivity contribution < 1.29 is 24.3 Å². The van der Waals surface area contributed by atoms with Gasteiger partial charge in [-0.2, -0.15) is 11.8 Å². The van der Waals surface area contributed by atoms with E-state index < -0.39 is 42.0 Å². The van der Waals surface area contributed by atoms with Gasteiger partial charge in [-0.25, -0.2) is 4.79 Å². The standard InChI is InChI=1S/C22H42N10O5S/c1-38-12-8-16(20(36)37)32-19(35)15(7-4-11-29-22(25)26)31-18(34)14(6-3-10-28-21(23)24)30-17(33)13-5-2-9-27-13/h13-16,27H,2-12H2,1H3,(H,30,33)(H,31,34)(H,32,35)(H,36,37)(H4,23,24,28)(H4,25,26,29). The Hall–Kier alpha value is -3.27. The minimum absolute atomic E-state index is 0.0860. The Morgan fingerprint density at radius 2 is 1.42 bits per heavy atom. The van der Waals surface area contributed by atoms with Crippen molar-refractivity contribution in [2.24, 2.45) is 32.9 Å². The quantitative estimate of drug-likeness (QED) is 0.0469. The van der Waals surface area contributed by atoms with Crippen molar-refractivity contribution in [2.75, 3.05) is 31.6 Å². The van der Waals surface area contributed by atoms with Crippen LogP contribution >= 0.6 is 11.8 Å². The van der Waals surface area contributed by atoms with Gasteiger partial charge in [0.1, 0.15) is 18.1 Å². The van der Waals surface area contributed by atoms with Crippen molar-refractivity contribution >= 4 is 47.4 Å². The molecule has 1 aliphatic heterocycles. The molecule has 38 heavy (non-hydrogen) atoms. The van der Waals surface area contributed by atoms with E-state index in [1.54, 1.807) is 0 Å². The van der Waals surface area contributed by atoms with E-state index in [2.05, 4.69) is 31.3 Å². The lowest BCUT2D eigenvalue weighted by molar-refractivity contribution is -0.142. The summed E-state index contributed by atoms with van der Waals surface area (Å²) in [7, 11) is 0. The third-order valence-corrected chi connectivity index (χ3v) is 6.40. The zero-order valence-corrected chi connectivity index (χ0v) is 22.6. The molecule has 15 nitrogen and oxygen atoms in total. The number of aliphatic imine (C=N–C) groups is 2. The Morgan fingerprint density at radius 1 is 0.895 bits per heavy atom. The van der Waals surface area contributed by atoms with E-state index in [0.29, 0.717) is 31.6 Å². The highest BCUT2D eigenvalue weighted by molar-refractivity contribution is 7.98. The van der Waals surface area contributed by atoms with Crippen LogP contribution in [-0.2, 0) is 19.2 Å². The maximum atomic E-state index is 13.3. The SMILES string of the molecule is CSCCC(NC(=O)C(CCCN=C(N)N)NC(=O)C(CCCN=C(N)N)NC(=O)C1CCCN1)C(=O)O. The fourth-order valence-electron chi connectivity index (χ4n) is 3.76. The summed E-state index contributed by atoms with van der Waals surface area (Å²) in [6.07, 6.45) is 4.63. The van der Waals surface area contributed by atoms with E-state index in [1.807, 2.05) is 6.26 Å². The lowest BCUT2D eigenvalue weighted by atomic mass is 10.1. The number of rotatable bonds is 18. The molecule has 0 aromatic rings. The van der Waals surface area contributed by atoms with Crippen LogP contribution in [0.15, 0.2) is 9.98 Å². The molecule has 0 aliphatic carbocycles. The summed E-state index contributed by atoms with van der Waals surface area (Å²) in [5.41, 5.74) is 21.4. The van der Waals surface area contributed by atoms with Crippen LogP contribution in [0.2, 0.25) is 0 Å². The molecule has 1 saturated heterocycles.